The van der Waals surface area contributed by atoms with Crippen LogP contribution in [0, 0.1) is 6.92 Å². The van der Waals surface area contributed by atoms with Crippen LogP contribution >= 0.6 is 11.8 Å². The van der Waals surface area contributed by atoms with Gasteiger partial charge in [0.05, 0.1) is 36.1 Å². The maximum Gasteiger partial charge on any atom is 0.227 e. The van der Waals surface area contributed by atoms with Gasteiger partial charge in [0.25, 0.3) is 0 Å². The Bertz CT molecular complexity index is 632. The van der Waals surface area contributed by atoms with E-state index in [0.717, 1.165) is 17.1 Å². The SMILES string of the molecule is CCN(C(=O)CCSCCF)c1cn(-c2cccnc2)nc1C. The van der Waals surface area contributed by atoms with Crippen LogP contribution in [0.3, 0.4) is 0 Å². The lowest BCUT2D eigenvalue weighted by Gasteiger charge is -2.19. The average molecular weight is 336 g/mol. The molecule has 0 bridgehead atoms. The number of hydrogen-bond acceptors (Lipinski definition) is 4. The van der Waals surface area contributed by atoms with Gasteiger partial charge in [0, 0.05) is 30.7 Å². The van der Waals surface area contributed by atoms with Gasteiger partial charge in [-0.2, -0.15) is 16.9 Å². The molecule has 5 nitrogen and oxygen atoms in total. The molecule has 0 aliphatic rings. The number of thioether (sulfide) groups is 1. The highest BCUT2D eigenvalue weighted by Crippen LogP contribution is 2.22. The predicted molar refractivity (Wildman–Crippen MR) is 92.0 cm³/mol. The zero-order valence-corrected chi connectivity index (χ0v) is 14.2. The number of carbonyl (C=O) groups excluding carboxylic acids is 1. The second kappa shape index (κ2) is 8.67. The van der Waals surface area contributed by atoms with Crippen molar-refractivity contribution in [1.29, 1.82) is 0 Å². The Hall–Kier alpha value is -1.89. The van der Waals surface area contributed by atoms with Gasteiger partial charge in [-0.3, -0.25) is 14.2 Å². The van der Waals surface area contributed by atoms with E-state index < -0.39 is 0 Å². The van der Waals surface area contributed by atoms with Crippen molar-refractivity contribution in [3.05, 3.63) is 36.4 Å². The Balaban J connectivity index is 2.12. The Morgan fingerprint density at radius 1 is 1.43 bits per heavy atom. The highest BCUT2D eigenvalue weighted by molar-refractivity contribution is 7.99. The standard InChI is InChI=1S/C16H21FN4OS/c1-3-20(16(22)6-9-23-10-7-17)15-12-21(19-13(15)2)14-5-4-8-18-11-14/h4-5,8,11-12H,3,6-7,9-10H2,1-2H3. The summed E-state index contributed by atoms with van der Waals surface area (Å²) < 4.78 is 13.8. The molecule has 2 aromatic heterocycles. The van der Waals surface area contributed by atoms with E-state index in [1.165, 1.54) is 11.8 Å². The van der Waals surface area contributed by atoms with Crippen LogP contribution in [0.4, 0.5) is 10.1 Å². The smallest absolute Gasteiger partial charge is 0.227 e. The summed E-state index contributed by atoms with van der Waals surface area (Å²) in [5.41, 5.74) is 2.45. The minimum atomic E-state index is -0.354. The summed E-state index contributed by atoms with van der Waals surface area (Å²) in [6, 6.07) is 3.76. The van der Waals surface area contributed by atoms with Crippen molar-refractivity contribution in [2.75, 3.05) is 29.6 Å². The molecule has 2 aromatic rings. The lowest BCUT2D eigenvalue weighted by Crippen LogP contribution is -2.31. The van der Waals surface area contributed by atoms with Crippen LogP contribution in [-0.4, -0.2) is 45.4 Å². The van der Waals surface area contributed by atoms with Crippen LogP contribution in [0.25, 0.3) is 5.69 Å². The van der Waals surface area contributed by atoms with Crippen LogP contribution in [-0.2, 0) is 4.79 Å². The molecule has 0 radical (unpaired) electrons. The Morgan fingerprint density at radius 2 is 2.26 bits per heavy atom. The number of alkyl halides is 1. The van der Waals surface area contributed by atoms with Crippen molar-refractivity contribution in [3.63, 3.8) is 0 Å². The number of amides is 1. The van der Waals surface area contributed by atoms with Crippen molar-refractivity contribution in [2.45, 2.75) is 20.3 Å². The molecule has 0 aliphatic carbocycles. The summed E-state index contributed by atoms with van der Waals surface area (Å²) in [6.07, 6.45) is 5.68. The number of anilines is 1. The van der Waals surface area contributed by atoms with Crippen molar-refractivity contribution in [1.82, 2.24) is 14.8 Å². The molecule has 1 amide bonds. The highest BCUT2D eigenvalue weighted by Gasteiger charge is 2.18. The fourth-order valence-electron chi connectivity index (χ4n) is 2.27. The van der Waals surface area contributed by atoms with Gasteiger partial charge in [0.15, 0.2) is 0 Å². The van der Waals surface area contributed by atoms with Gasteiger partial charge < -0.3 is 4.90 Å². The number of carbonyl (C=O) groups is 1. The highest BCUT2D eigenvalue weighted by atomic mass is 32.2. The third-order valence-corrected chi connectivity index (χ3v) is 4.31. The van der Waals surface area contributed by atoms with Crippen molar-refractivity contribution in [3.8, 4) is 5.69 Å². The summed E-state index contributed by atoms with van der Waals surface area (Å²) >= 11 is 1.46. The Labute approximate surface area is 139 Å². The van der Waals surface area contributed by atoms with Crippen molar-refractivity contribution >= 4 is 23.4 Å². The second-order valence-electron chi connectivity index (χ2n) is 4.94. The molecule has 0 saturated heterocycles. The normalized spacial score (nSPS) is 10.7. The quantitative estimate of drug-likeness (QED) is 0.695. The minimum Gasteiger partial charge on any atom is -0.310 e. The topological polar surface area (TPSA) is 51.0 Å². The third kappa shape index (κ3) is 4.54. The first-order chi connectivity index (χ1) is 11.2. The molecular formula is C16H21FN4OS. The van der Waals surface area contributed by atoms with E-state index in [2.05, 4.69) is 10.1 Å². The monoisotopic (exact) mass is 336 g/mol. The molecule has 7 heteroatoms. The van der Waals surface area contributed by atoms with E-state index in [-0.39, 0.29) is 12.6 Å². The van der Waals surface area contributed by atoms with Crippen LogP contribution in [0.15, 0.2) is 30.7 Å². The fourth-order valence-corrected chi connectivity index (χ4v) is 2.90. The van der Waals surface area contributed by atoms with Gasteiger partial charge in [-0.15, -0.1) is 0 Å². The number of nitrogens with zero attached hydrogens (tertiary/aromatic N) is 4. The minimum absolute atomic E-state index is 0.0349. The Kier molecular flexibility index (Phi) is 6.58. The maximum absolute atomic E-state index is 12.4. The molecule has 0 atom stereocenters. The third-order valence-electron chi connectivity index (χ3n) is 3.37. The molecule has 23 heavy (non-hydrogen) atoms. The first-order valence-electron chi connectivity index (χ1n) is 7.58. The average Bonchev–Trinajstić information content (AvgIpc) is 2.95. The number of halogens is 1. The second-order valence-corrected chi connectivity index (χ2v) is 6.17. The maximum atomic E-state index is 12.4. The Morgan fingerprint density at radius 3 is 2.91 bits per heavy atom. The van der Waals surface area contributed by atoms with Gasteiger partial charge >= 0.3 is 0 Å². The van der Waals surface area contributed by atoms with Gasteiger partial charge in [0.2, 0.25) is 5.91 Å². The van der Waals surface area contributed by atoms with E-state index >= 15 is 0 Å². The fraction of sp³-hybridized carbons (Fsp3) is 0.438. The largest absolute Gasteiger partial charge is 0.310 e. The van der Waals surface area contributed by atoms with Crippen molar-refractivity contribution in [2.24, 2.45) is 0 Å². The van der Waals surface area contributed by atoms with Crippen molar-refractivity contribution < 1.29 is 9.18 Å². The predicted octanol–water partition coefficient (Wildman–Crippen LogP) is 3.02. The number of rotatable bonds is 8. The summed E-state index contributed by atoms with van der Waals surface area (Å²) in [5.74, 6) is 1.11. The van der Waals surface area contributed by atoms with E-state index in [0.29, 0.717) is 24.5 Å². The number of hydrogen-bond donors (Lipinski definition) is 0. The molecular weight excluding hydrogens is 315 g/mol. The molecule has 124 valence electrons. The number of pyridine rings is 1. The van der Waals surface area contributed by atoms with Gasteiger partial charge in [0.1, 0.15) is 0 Å². The zero-order valence-electron chi connectivity index (χ0n) is 13.4. The van der Waals surface area contributed by atoms with Crippen LogP contribution < -0.4 is 4.90 Å². The first kappa shape index (κ1) is 17.5. The molecule has 2 rings (SSSR count). The molecule has 2 heterocycles. The van der Waals surface area contributed by atoms with Crippen LogP contribution in [0.2, 0.25) is 0 Å². The molecule has 0 aliphatic heterocycles. The van der Waals surface area contributed by atoms with Crippen LogP contribution in [0.5, 0.6) is 0 Å². The zero-order chi connectivity index (χ0) is 16.7. The number of aryl methyl sites for hydroxylation is 1. The van der Waals surface area contributed by atoms with E-state index in [1.54, 1.807) is 22.0 Å². The van der Waals surface area contributed by atoms with Crippen LogP contribution in [0.1, 0.15) is 19.0 Å². The lowest BCUT2D eigenvalue weighted by molar-refractivity contribution is -0.118. The van der Waals surface area contributed by atoms with E-state index in [4.69, 9.17) is 0 Å². The summed E-state index contributed by atoms with van der Waals surface area (Å²) in [5, 5.41) is 4.47. The molecule has 0 spiro atoms. The number of aromatic nitrogens is 3. The molecule has 0 unspecified atom stereocenters. The summed E-state index contributed by atoms with van der Waals surface area (Å²) in [7, 11) is 0. The lowest BCUT2D eigenvalue weighted by atomic mass is 10.3. The molecule has 0 fully saturated rings. The first-order valence-corrected chi connectivity index (χ1v) is 8.73. The molecule has 0 saturated carbocycles. The summed E-state index contributed by atoms with van der Waals surface area (Å²) in [4.78, 5) is 18.2. The van der Waals surface area contributed by atoms with E-state index in [9.17, 15) is 9.18 Å². The molecule has 0 N–H and O–H groups in total. The summed E-state index contributed by atoms with van der Waals surface area (Å²) in [6.45, 7) is 4.04. The van der Waals surface area contributed by atoms with Gasteiger partial charge in [-0.05, 0) is 26.0 Å². The van der Waals surface area contributed by atoms with Gasteiger partial charge in [-0.25, -0.2) is 4.68 Å². The van der Waals surface area contributed by atoms with E-state index in [1.807, 2.05) is 32.2 Å². The molecule has 0 aromatic carbocycles. The van der Waals surface area contributed by atoms with Gasteiger partial charge in [-0.1, -0.05) is 0 Å².